The first-order valence-electron chi connectivity index (χ1n) is 3.96. The van der Waals surface area contributed by atoms with E-state index in [0.717, 1.165) is 11.3 Å². The summed E-state index contributed by atoms with van der Waals surface area (Å²) < 4.78 is 0. The average molecular weight is 170 g/mol. The Kier molecular flexibility index (Phi) is 3.50. The highest BCUT2D eigenvalue weighted by atomic mass is 14.8. The van der Waals surface area contributed by atoms with Crippen molar-refractivity contribution in [3.8, 4) is 12.3 Å². The summed E-state index contributed by atoms with van der Waals surface area (Å²) in [6, 6.07) is 10.3. The van der Waals surface area contributed by atoms with Crippen LogP contribution in [0.15, 0.2) is 34.3 Å². The predicted octanol–water partition coefficient (Wildman–Crippen LogP) is 2.43. The maximum Gasteiger partial charge on any atom is 0.110 e. The summed E-state index contributed by atoms with van der Waals surface area (Å²) in [5, 5.41) is 0. The smallest absolute Gasteiger partial charge is 0.110 e. The van der Waals surface area contributed by atoms with E-state index in [0.29, 0.717) is 6.54 Å². The first kappa shape index (κ1) is 9.25. The molecule has 0 aliphatic carbocycles. The van der Waals surface area contributed by atoms with E-state index < -0.39 is 0 Å². The summed E-state index contributed by atoms with van der Waals surface area (Å²) in [6.07, 6.45) is 5.01. The maximum absolute atomic E-state index is 5.01. The zero-order valence-electron chi connectivity index (χ0n) is 7.49. The summed E-state index contributed by atoms with van der Waals surface area (Å²) >= 11 is 0. The molecule has 1 aromatic carbocycles. The van der Waals surface area contributed by atoms with Crippen molar-refractivity contribution in [3.63, 3.8) is 0 Å². The first-order valence-corrected chi connectivity index (χ1v) is 3.96. The van der Waals surface area contributed by atoms with Gasteiger partial charge in [0.15, 0.2) is 0 Å². The number of hydrogen-bond donors (Lipinski definition) is 0. The normalized spacial score (nSPS) is 8.31. The van der Waals surface area contributed by atoms with Gasteiger partial charge in [-0.3, -0.25) is 0 Å². The molecule has 13 heavy (non-hydrogen) atoms. The van der Waals surface area contributed by atoms with Crippen LogP contribution in [0.2, 0.25) is 0 Å². The summed E-state index contributed by atoms with van der Waals surface area (Å²) in [5.74, 6) is 2.38. The average Bonchev–Trinajstić information content (AvgIpc) is 2.15. The third kappa shape index (κ3) is 2.94. The SMILES string of the molecule is C#CCN=C=Nc1ccccc1C. The van der Waals surface area contributed by atoms with Crippen LogP contribution in [0.3, 0.4) is 0 Å². The third-order valence-corrected chi connectivity index (χ3v) is 1.53. The number of aryl methyl sites for hydroxylation is 1. The van der Waals surface area contributed by atoms with Crippen LogP contribution in [0.25, 0.3) is 0 Å². The topological polar surface area (TPSA) is 24.7 Å². The molecule has 1 aromatic rings. The van der Waals surface area contributed by atoms with Gasteiger partial charge in [0.25, 0.3) is 0 Å². The van der Waals surface area contributed by atoms with Crippen LogP contribution in [0, 0.1) is 19.3 Å². The van der Waals surface area contributed by atoms with E-state index in [2.05, 4.69) is 21.9 Å². The van der Waals surface area contributed by atoms with Crippen LogP contribution < -0.4 is 0 Å². The van der Waals surface area contributed by atoms with E-state index >= 15 is 0 Å². The summed E-state index contributed by atoms with van der Waals surface area (Å²) in [6.45, 7) is 2.32. The molecule has 0 atom stereocenters. The molecule has 0 N–H and O–H groups in total. The third-order valence-electron chi connectivity index (χ3n) is 1.53. The van der Waals surface area contributed by atoms with E-state index in [1.807, 2.05) is 31.2 Å². The molecule has 2 heteroatoms. The number of hydrogen-bond acceptors (Lipinski definition) is 2. The molecule has 0 aliphatic rings. The molecule has 0 radical (unpaired) electrons. The lowest BCUT2D eigenvalue weighted by atomic mass is 10.2. The molecule has 0 saturated carbocycles. The number of benzene rings is 1. The minimum atomic E-state index is 0.329. The number of nitrogens with zero attached hydrogens (tertiary/aromatic N) is 2. The highest BCUT2D eigenvalue weighted by molar-refractivity contribution is 5.55. The summed E-state index contributed by atoms with van der Waals surface area (Å²) in [5.41, 5.74) is 1.98. The Morgan fingerprint density at radius 1 is 1.38 bits per heavy atom. The van der Waals surface area contributed by atoms with E-state index in [1.54, 1.807) is 0 Å². The molecule has 2 nitrogen and oxygen atoms in total. The number of aliphatic imine (C=N–C) groups is 2. The Bertz CT molecular complexity index is 379. The lowest BCUT2D eigenvalue weighted by Crippen LogP contribution is -1.72. The minimum absolute atomic E-state index is 0.329. The molecule has 0 aromatic heterocycles. The van der Waals surface area contributed by atoms with E-state index in [1.165, 1.54) is 0 Å². The van der Waals surface area contributed by atoms with Crippen molar-refractivity contribution in [2.24, 2.45) is 9.98 Å². The Morgan fingerprint density at radius 2 is 2.15 bits per heavy atom. The molecule has 0 saturated heterocycles. The van der Waals surface area contributed by atoms with Crippen molar-refractivity contribution in [2.45, 2.75) is 6.92 Å². The molecule has 0 amide bonds. The second-order valence-corrected chi connectivity index (χ2v) is 2.52. The maximum atomic E-state index is 5.01. The molecule has 0 heterocycles. The van der Waals surface area contributed by atoms with Crippen molar-refractivity contribution in [1.29, 1.82) is 0 Å². The van der Waals surface area contributed by atoms with Crippen LogP contribution >= 0.6 is 0 Å². The van der Waals surface area contributed by atoms with Crippen LogP contribution in [-0.2, 0) is 0 Å². The molecule has 0 spiro atoms. The molecule has 0 fully saturated rings. The van der Waals surface area contributed by atoms with Crippen molar-refractivity contribution in [2.75, 3.05) is 6.54 Å². The van der Waals surface area contributed by atoms with Gasteiger partial charge in [0.2, 0.25) is 0 Å². The molecular formula is C11H10N2. The van der Waals surface area contributed by atoms with E-state index in [4.69, 9.17) is 6.42 Å². The van der Waals surface area contributed by atoms with Gasteiger partial charge in [-0.2, -0.15) is 4.99 Å². The zero-order valence-corrected chi connectivity index (χ0v) is 7.49. The number of para-hydroxylation sites is 1. The quantitative estimate of drug-likeness (QED) is 0.481. The van der Waals surface area contributed by atoms with Gasteiger partial charge in [0.05, 0.1) is 11.7 Å². The Morgan fingerprint density at radius 3 is 2.85 bits per heavy atom. The lowest BCUT2D eigenvalue weighted by Gasteiger charge is -1.93. The van der Waals surface area contributed by atoms with Gasteiger partial charge in [0, 0.05) is 0 Å². The Labute approximate surface area is 78.0 Å². The summed E-state index contributed by atoms with van der Waals surface area (Å²) in [7, 11) is 0. The molecule has 64 valence electrons. The molecule has 0 unspecified atom stereocenters. The van der Waals surface area contributed by atoms with Gasteiger partial charge in [-0.25, -0.2) is 4.99 Å². The van der Waals surface area contributed by atoms with Crippen molar-refractivity contribution < 1.29 is 0 Å². The molecular weight excluding hydrogens is 160 g/mol. The van der Waals surface area contributed by atoms with Crippen molar-refractivity contribution in [1.82, 2.24) is 0 Å². The fraction of sp³-hybridized carbons (Fsp3) is 0.182. The lowest BCUT2D eigenvalue weighted by molar-refractivity contribution is 1.30. The zero-order chi connectivity index (χ0) is 9.52. The fourth-order valence-corrected chi connectivity index (χ4v) is 0.859. The second kappa shape index (κ2) is 4.92. The van der Waals surface area contributed by atoms with Crippen LogP contribution in [0.1, 0.15) is 5.56 Å². The Balaban J connectivity index is 2.81. The van der Waals surface area contributed by atoms with Gasteiger partial charge in [-0.1, -0.05) is 24.1 Å². The molecule has 1 rings (SSSR count). The number of rotatable bonds is 2. The monoisotopic (exact) mass is 170 g/mol. The largest absolute Gasteiger partial charge is 0.212 e. The van der Waals surface area contributed by atoms with Gasteiger partial charge in [-0.05, 0) is 18.6 Å². The number of terminal acetylenes is 1. The van der Waals surface area contributed by atoms with Crippen LogP contribution in [0.5, 0.6) is 0 Å². The first-order chi connectivity index (χ1) is 6.34. The fourth-order valence-electron chi connectivity index (χ4n) is 0.859. The van der Waals surface area contributed by atoms with Gasteiger partial charge in [0.1, 0.15) is 6.54 Å². The van der Waals surface area contributed by atoms with Gasteiger partial charge >= 0.3 is 0 Å². The highest BCUT2D eigenvalue weighted by Crippen LogP contribution is 2.15. The van der Waals surface area contributed by atoms with Crippen molar-refractivity contribution >= 4 is 11.7 Å². The Hall–Kier alpha value is -1.84. The highest BCUT2D eigenvalue weighted by Gasteiger charge is 1.90. The minimum Gasteiger partial charge on any atom is -0.212 e. The van der Waals surface area contributed by atoms with Crippen molar-refractivity contribution in [3.05, 3.63) is 29.8 Å². The second-order valence-electron chi connectivity index (χ2n) is 2.52. The molecule has 0 aliphatic heterocycles. The van der Waals surface area contributed by atoms with Gasteiger partial charge in [-0.15, -0.1) is 6.42 Å². The predicted molar refractivity (Wildman–Crippen MR) is 54.4 cm³/mol. The van der Waals surface area contributed by atoms with Crippen LogP contribution in [-0.4, -0.2) is 12.6 Å². The standard InChI is InChI=1S/C11H10N2/c1-3-8-12-9-13-11-7-5-4-6-10(11)2/h1,4-7H,8H2,2H3. The van der Waals surface area contributed by atoms with E-state index in [9.17, 15) is 0 Å². The van der Waals surface area contributed by atoms with E-state index in [-0.39, 0.29) is 0 Å². The van der Waals surface area contributed by atoms with Crippen LogP contribution in [0.4, 0.5) is 5.69 Å². The summed E-state index contributed by atoms with van der Waals surface area (Å²) in [4.78, 5) is 7.80. The van der Waals surface area contributed by atoms with Gasteiger partial charge < -0.3 is 0 Å². The molecule has 0 bridgehead atoms.